The number of nitrogens with zero attached hydrogens (tertiary/aromatic N) is 1. The molecule has 1 atom stereocenters. The maximum atomic E-state index is 12.5. The van der Waals surface area contributed by atoms with Crippen LogP contribution in [0.4, 0.5) is 5.69 Å². The summed E-state index contributed by atoms with van der Waals surface area (Å²) in [7, 11) is -3.90. The molecule has 0 aromatic heterocycles. The maximum Gasteiger partial charge on any atom is 0.289 e. The Balaban J connectivity index is 0.00000288. The van der Waals surface area contributed by atoms with Crippen LogP contribution in [0.3, 0.4) is 0 Å². The van der Waals surface area contributed by atoms with E-state index in [-0.39, 0.29) is 23.0 Å². The van der Waals surface area contributed by atoms with Crippen molar-refractivity contribution >= 4 is 28.1 Å². The molecule has 1 fully saturated rings. The summed E-state index contributed by atoms with van der Waals surface area (Å²) in [6, 6.07) is 2.82. The second kappa shape index (κ2) is 8.75. The van der Waals surface area contributed by atoms with Crippen LogP contribution < -0.4 is 10.0 Å². The molecule has 0 saturated carbocycles. The molecule has 1 aliphatic rings. The number of halogens is 1. The summed E-state index contributed by atoms with van der Waals surface area (Å²) in [4.78, 5) is 10.3. The normalized spacial score (nSPS) is 18.0. The smallest absolute Gasteiger partial charge is 0.289 e. The van der Waals surface area contributed by atoms with E-state index in [1.165, 1.54) is 6.07 Å². The maximum absolute atomic E-state index is 12.5. The molecule has 0 amide bonds. The van der Waals surface area contributed by atoms with Crippen LogP contribution in [0, 0.1) is 29.9 Å². The van der Waals surface area contributed by atoms with Gasteiger partial charge in [0.2, 0.25) is 10.0 Å². The van der Waals surface area contributed by atoms with Crippen LogP contribution in [0.25, 0.3) is 0 Å². The van der Waals surface area contributed by atoms with Crippen LogP contribution in [0.15, 0.2) is 17.0 Å². The van der Waals surface area contributed by atoms with Gasteiger partial charge < -0.3 is 5.32 Å². The quantitative estimate of drug-likeness (QED) is 0.585. The van der Waals surface area contributed by atoms with Gasteiger partial charge in [0, 0.05) is 12.6 Å². The number of nitrogens with one attached hydrogen (secondary N) is 2. The number of sulfonamides is 1. The second-order valence-corrected chi connectivity index (χ2v) is 7.72. The molecular weight excluding hydrogens is 354 g/mol. The van der Waals surface area contributed by atoms with E-state index in [1.807, 2.05) is 0 Å². The minimum atomic E-state index is -3.90. The second-order valence-electron chi connectivity index (χ2n) is 6.01. The van der Waals surface area contributed by atoms with E-state index >= 15 is 0 Å². The van der Waals surface area contributed by atoms with E-state index in [0.717, 1.165) is 32.4 Å². The Bertz CT molecular complexity index is 688. The molecule has 24 heavy (non-hydrogen) atoms. The molecule has 0 bridgehead atoms. The van der Waals surface area contributed by atoms with E-state index in [4.69, 9.17) is 0 Å². The minimum absolute atomic E-state index is 0. The summed E-state index contributed by atoms with van der Waals surface area (Å²) in [5.41, 5.74) is 0.762. The summed E-state index contributed by atoms with van der Waals surface area (Å²) in [5.74, 6) is 0.444. The molecule has 0 aliphatic carbocycles. The lowest BCUT2D eigenvalue weighted by molar-refractivity contribution is -0.387. The Kier molecular flexibility index (Phi) is 7.59. The number of rotatable bonds is 6. The Labute approximate surface area is 148 Å². The molecule has 1 heterocycles. The predicted octanol–water partition coefficient (Wildman–Crippen LogP) is 2.30. The standard InChI is InChI=1S/C15H23N3O4S.ClH/c1-11-5-6-14(18(19)20)15(12(11)2)23(21,22)17-9-7-13-4-3-8-16-10-13;/h5-6,13,16-17H,3-4,7-10H2,1-2H3;1H. The SMILES string of the molecule is Cc1ccc([N+](=O)[O-])c(S(=O)(=O)NCCC2CCCNC2)c1C.Cl. The number of hydrogen-bond acceptors (Lipinski definition) is 5. The van der Waals surface area contributed by atoms with Crippen molar-refractivity contribution in [3.63, 3.8) is 0 Å². The highest BCUT2D eigenvalue weighted by Gasteiger charge is 2.28. The molecule has 1 saturated heterocycles. The number of nitro groups is 1. The van der Waals surface area contributed by atoms with Gasteiger partial charge in [-0.25, -0.2) is 13.1 Å². The molecule has 1 aliphatic heterocycles. The van der Waals surface area contributed by atoms with Gasteiger partial charge in [-0.05, 0) is 63.2 Å². The number of aryl methyl sites for hydroxylation is 1. The molecular formula is C15H24ClN3O4S. The Morgan fingerprint density at radius 3 is 2.67 bits per heavy atom. The molecule has 0 spiro atoms. The van der Waals surface area contributed by atoms with Gasteiger partial charge in [0.25, 0.3) is 5.69 Å². The average molecular weight is 378 g/mol. The largest absolute Gasteiger partial charge is 0.316 e. The van der Waals surface area contributed by atoms with Crippen molar-refractivity contribution in [1.29, 1.82) is 0 Å². The van der Waals surface area contributed by atoms with Crippen molar-refractivity contribution in [2.24, 2.45) is 5.92 Å². The number of piperidine rings is 1. The van der Waals surface area contributed by atoms with Gasteiger partial charge in [0.1, 0.15) is 0 Å². The molecule has 2 rings (SSSR count). The molecule has 1 unspecified atom stereocenters. The Hall–Kier alpha value is -1.22. The number of hydrogen-bond donors (Lipinski definition) is 2. The van der Waals surface area contributed by atoms with Crippen LogP contribution >= 0.6 is 12.4 Å². The van der Waals surface area contributed by atoms with Crippen LogP contribution in [-0.2, 0) is 10.0 Å². The highest BCUT2D eigenvalue weighted by Crippen LogP contribution is 2.29. The lowest BCUT2D eigenvalue weighted by Gasteiger charge is -2.22. The Morgan fingerprint density at radius 2 is 2.08 bits per heavy atom. The predicted molar refractivity (Wildman–Crippen MR) is 95.2 cm³/mol. The molecule has 7 nitrogen and oxygen atoms in total. The van der Waals surface area contributed by atoms with Gasteiger partial charge >= 0.3 is 0 Å². The zero-order valence-electron chi connectivity index (χ0n) is 13.9. The van der Waals surface area contributed by atoms with E-state index < -0.39 is 14.9 Å². The molecule has 9 heteroatoms. The Morgan fingerprint density at radius 1 is 1.38 bits per heavy atom. The third-order valence-electron chi connectivity index (χ3n) is 4.36. The van der Waals surface area contributed by atoms with Gasteiger partial charge in [-0.15, -0.1) is 12.4 Å². The van der Waals surface area contributed by atoms with E-state index in [2.05, 4.69) is 10.0 Å². The first-order valence-corrected chi connectivity index (χ1v) is 9.26. The van der Waals surface area contributed by atoms with Crippen molar-refractivity contribution in [2.45, 2.75) is 38.0 Å². The van der Waals surface area contributed by atoms with Crippen LogP contribution in [-0.4, -0.2) is 33.0 Å². The van der Waals surface area contributed by atoms with Crippen LogP contribution in [0.2, 0.25) is 0 Å². The summed E-state index contributed by atoms with van der Waals surface area (Å²) in [6.07, 6.45) is 2.91. The van der Waals surface area contributed by atoms with Gasteiger partial charge in [-0.2, -0.15) is 0 Å². The van der Waals surface area contributed by atoms with E-state index in [0.29, 0.717) is 23.6 Å². The van der Waals surface area contributed by atoms with Gasteiger partial charge in [-0.3, -0.25) is 10.1 Å². The monoisotopic (exact) mass is 377 g/mol. The average Bonchev–Trinajstić information content (AvgIpc) is 2.50. The third kappa shape index (κ3) is 4.89. The van der Waals surface area contributed by atoms with Gasteiger partial charge in [0.15, 0.2) is 4.90 Å². The topological polar surface area (TPSA) is 101 Å². The first kappa shape index (κ1) is 20.8. The summed E-state index contributed by atoms with van der Waals surface area (Å²) in [5, 5.41) is 14.4. The van der Waals surface area contributed by atoms with Gasteiger partial charge in [0.05, 0.1) is 4.92 Å². The highest BCUT2D eigenvalue weighted by molar-refractivity contribution is 7.89. The van der Waals surface area contributed by atoms with Crippen LogP contribution in [0.1, 0.15) is 30.4 Å². The van der Waals surface area contributed by atoms with Crippen molar-refractivity contribution in [2.75, 3.05) is 19.6 Å². The fraction of sp³-hybridized carbons (Fsp3) is 0.600. The third-order valence-corrected chi connectivity index (χ3v) is 6.00. The zero-order valence-corrected chi connectivity index (χ0v) is 15.5. The summed E-state index contributed by atoms with van der Waals surface area (Å²) in [6.45, 7) is 5.54. The fourth-order valence-corrected chi connectivity index (χ4v) is 4.41. The van der Waals surface area contributed by atoms with E-state index in [9.17, 15) is 18.5 Å². The first-order valence-electron chi connectivity index (χ1n) is 7.78. The molecule has 1 aromatic rings. The number of benzene rings is 1. The van der Waals surface area contributed by atoms with Crippen LogP contribution in [0.5, 0.6) is 0 Å². The number of nitro benzene ring substituents is 1. The molecule has 136 valence electrons. The lowest BCUT2D eigenvalue weighted by Crippen LogP contribution is -2.33. The molecule has 2 N–H and O–H groups in total. The molecule has 1 aromatic carbocycles. The fourth-order valence-electron chi connectivity index (χ4n) is 2.90. The van der Waals surface area contributed by atoms with Crippen molar-refractivity contribution in [1.82, 2.24) is 10.0 Å². The zero-order chi connectivity index (χ0) is 17.0. The summed E-state index contributed by atoms with van der Waals surface area (Å²) < 4.78 is 27.6. The first-order chi connectivity index (χ1) is 10.8. The van der Waals surface area contributed by atoms with Gasteiger partial charge in [-0.1, -0.05) is 6.07 Å². The minimum Gasteiger partial charge on any atom is -0.316 e. The van der Waals surface area contributed by atoms with E-state index in [1.54, 1.807) is 19.9 Å². The molecule has 0 radical (unpaired) electrons. The van der Waals surface area contributed by atoms with Crippen molar-refractivity contribution < 1.29 is 13.3 Å². The van der Waals surface area contributed by atoms with Crippen molar-refractivity contribution in [3.8, 4) is 0 Å². The highest BCUT2D eigenvalue weighted by atomic mass is 35.5. The van der Waals surface area contributed by atoms with Crippen molar-refractivity contribution in [3.05, 3.63) is 33.4 Å². The summed E-state index contributed by atoms with van der Waals surface area (Å²) >= 11 is 0. The lowest BCUT2D eigenvalue weighted by atomic mass is 9.96.